The summed E-state index contributed by atoms with van der Waals surface area (Å²) >= 11 is 3.37. The van der Waals surface area contributed by atoms with Crippen LogP contribution in [0, 0.1) is 11.7 Å². The van der Waals surface area contributed by atoms with Gasteiger partial charge in [0.15, 0.2) is 0 Å². The largest absolute Gasteiger partial charge is 0.481 e. The molecule has 1 saturated heterocycles. The molecule has 11 heteroatoms. The molecule has 2 atom stereocenters. The fourth-order valence-electron chi connectivity index (χ4n) is 3.89. The third kappa shape index (κ3) is 5.48. The second kappa shape index (κ2) is 9.99. The lowest BCUT2D eigenvalue weighted by Crippen LogP contribution is -2.38. The van der Waals surface area contributed by atoms with Crippen LogP contribution in [0.4, 0.5) is 14.9 Å². The maximum Gasteiger partial charge on any atom is 0.319 e. The number of carboxylic acids is 2. The molecule has 0 saturated carbocycles. The van der Waals surface area contributed by atoms with Gasteiger partial charge in [-0.2, -0.15) is 0 Å². The van der Waals surface area contributed by atoms with Crippen LogP contribution in [0.2, 0.25) is 0 Å². The van der Waals surface area contributed by atoms with Gasteiger partial charge in [0.05, 0.1) is 18.0 Å². The Morgan fingerprint density at radius 3 is 2.45 bits per heavy atom. The molecule has 1 aliphatic heterocycles. The van der Waals surface area contributed by atoms with Crippen molar-refractivity contribution < 1.29 is 33.8 Å². The van der Waals surface area contributed by atoms with E-state index in [2.05, 4.69) is 15.9 Å². The maximum atomic E-state index is 14.4. The van der Waals surface area contributed by atoms with Crippen molar-refractivity contribution in [3.8, 4) is 0 Å². The summed E-state index contributed by atoms with van der Waals surface area (Å²) in [7, 11) is 0. The van der Waals surface area contributed by atoms with Crippen LogP contribution in [-0.4, -0.2) is 58.6 Å². The number of amides is 3. The van der Waals surface area contributed by atoms with Crippen molar-refractivity contribution in [1.82, 2.24) is 4.90 Å². The standard InChI is InChI=1S/C22H21BrFN3O6/c23-14-3-1-2-12(8-14)15-10-26(11-16(15)21(31)32)20(30)13-4-5-17(24)18(9-13)27(22(25)33)7-6-19(28)29/h1-5,8-9,15-16H,6-7,10-11H2,(H2,25,33)(H,28,29)(H,31,32)/t15-,16+/m1/s1. The van der Waals surface area contributed by atoms with Crippen molar-refractivity contribution >= 4 is 45.5 Å². The number of benzene rings is 2. The summed E-state index contributed by atoms with van der Waals surface area (Å²) < 4.78 is 15.2. The average Bonchev–Trinajstić information content (AvgIpc) is 3.20. The highest BCUT2D eigenvalue weighted by molar-refractivity contribution is 9.10. The highest BCUT2D eigenvalue weighted by Crippen LogP contribution is 2.35. The highest BCUT2D eigenvalue weighted by Gasteiger charge is 2.41. The van der Waals surface area contributed by atoms with E-state index < -0.39 is 48.0 Å². The number of hydrogen-bond acceptors (Lipinski definition) is 4. The molecule has 0 aromatic heterocycles. The summed E-state index contributed by atoms with van der Waals surface area (Å²) in [5.41, 5.74) is 5.74. The molecule has 2 aromatic carbocycles. The zero-order valence-electron chi connectivity index (χ0n) is 17.3. The van der Waals surface area contributed by atoms with Gasteiger partial charge in [-0.05, 0) is 35.9 Å². The van der Waals surface area contributed by atoms with E-state index in [0.29, 0.717) is 0 Å². The number of urea groups is 1. The van der Waals surface area contributed by atoms with Gasteiger partial charge in [0, 0.05) is 35.6 Å². The van der Waals surface area contributed by atoms with E-state index in [-0.39, 0.29) is 30.9 Å². The minimum atomic E-state index is -1.20. The Labute approximate surface area is 196 Å². The molecular formula is C22H21BrFN3O6. The molecule has 1 heterocycles. The van der Waals surface area contributed by atoms with Crippen LogP contribution in [0.5, 0.6) is 0 Å². The van der Waals surface area contributed by atoms with Crippen LogP contribution in [0.25, 0.3) is 0 Å². The van der Waals surface area contributed by atoms with Crippen LogP contribution in [0.15, 0.2) is 46.9 Å². The molecule has 0 bridgehead atoms. The van der Waals surface area contributed by atoms with Gasteiger partial charge in [-0.3, -0.25) is 19.3 Å². The van der Waals surface area contributed by atoms with Crippen LogP contribution in [0.1, 0.15) is 28.3 Å². The molecule has 1 aliphatic rings. The Balaban J connectivity index is 1.89. The third-order valence-corrected chi connectivity index (χ3v) is 5.99. The lowest BCUT2D eigenvalue weighted by molar-refractivity contribution is -0.141. The number of aliphatic carboxylic acids is 2. The Hall–Kier alpha value is -3.47. The van der Waals surface area contributed by atoms with Gasteiger partial charge in [-0.1, -0.05) is 28.1 Å². The first-order valence-electron chi connectivity index (χ1n) is 9.94. The lowest BCUT2D eigenvalue weighted by atomic mass is 9.89. The van der Waals surface area contributed by atoms with Gasteiger partial charge in [-0.25, -0.2) is 9.18 Å². The lowest BCUT2D eigenvalue weighted by Gasteiger charge is -2.22. The summed E-state index contributed by atoms with van der Waals surface area (Å²) in [5, 5.41) is 18.6. The number of hydrogen-bond donors (Lipinski definition) is 3. The minimum absolute atomic E-state index is 0.0204. The predicted octanol–water partition coefficient (Wildman–Crippen LogP) is 2.89. The van der Waals surface area contributed by atoms with Gasteiger partial charge in [0.1, 0.15) is 5.82 Å². The fraction of sp³-hybridized carbons (Fsp3) is 0.273. The molecule has 4 N–H and O–H groups in total. The number of primary amides is 1. The van der Waals surface area contributed by atoms with Crippen molar-refractivity contribution in [2.45, 2.75) is 12.3 Å². The summed E-state index contributed by atoms with van der Waals surface area (Å²) in [6, 6.07) is 9.44. The first-order valence-corrected chi connectivity index (χ1v) is 10.7. The number of halogens is 2. The summed E-state index contributed by atoms with van der Waals surface area (Å²) in [5.74, 6) is -4.91. The first kappa shape index (κ1) is 24.2. The van der Waals surface area contributed by atoms with E-state index in [1.54, 1.807) is 18.2 Å². The van der Waals surface area contributed by atoms with Gasteiger partial charge in [0.25, 0.3) is 5.91 Å². The van der Waals surface area contributed by atoms with Crippen molar-refractivity contribution in [2.75, 3.05) is 24.5 Å². The summed E-state index contributed by atoms with van der Waals surface area (Å²) in [6.07, 6.45) is -0.471. The van der Waals surface area contributed by atoms with E-state index in [1.807, 2.05) is 6.07 Å². The molecule has 1 fully saturated rings. The van der Waals surface area contributed by atoms with Crippen molar-refractivity contribution in [2.24, 2.45) is 11.7 Å². The Kier molecular flexibility index (Phi) is 7.32. The topological polar surface area (TPSA) is 141 Å². The van der Waals surface area contributed by atoms with E-state index in [9.17, 15) is 28.7 Å². The average molecular weight is 522 g/mol. The van der Waals surface area contributed by atoms with Crippen LogP contribution >= 0.6 is 15.9 Å². The zero-order chi connectivity index (χ0) is 24.3. The number of carboxylic acid groups (broad SMARTS) is 2. The predicted molar refractivity (Wildman–Crippen MR) is 119 cm³/mol. The normalized spacial score (nSPS) is 17.6. The van der Waals surface area contributed by atoms with Crippen molar-refractivity contribution in [1.29, 1.82) is 0 Å². The van der Waals surface area contributed by atoms with Gasteiger partial charge < -0.3 is 20.8 Å². The Bertz CT molecular complexity index is 1110. The number of carbonyl (C=O) groups excluding carboxylic acids is 2. The molecule has 0 unspecified atom stereocenters. The van der Waals surface area contributed by atoms with E-state index >= 15 is 0 Å². The second-order valence-corrected chi connectivity index (χ2v) is 8.53. The van der Waals surface area contributed by atoms with Crippen LogP contribution < -0.4 is 10.6 Å². The molecule has 2 aromatic rings. The number of carbonyl (C=O) groups is 4. The summed E-state index contributed by atoms with van der Waals surface area (Å²) in [4.78, 5) is 49.8. The molecule has 0 aliphatic carbocycles. The van der Waals surface area contributed by atoms with Gasteiger partial charge >= 0.3 is 18.0 Å². The Morgan fingerprint density at radius 2 is 1.85 bits per heavy atom. The first-order chi connectivity index (χ1) is 15.6. The molecule has 3 rings (SSSR count). The molecule has 3 amide bonds. The van der Waals surface area contributed by atoms with Crippen LogP contribution in [-0.2, 0) is 9.59 Å². The molecule has 0 spiro atoms. The Morgan fingerprint density at radius 1 is 1.12 bits per heavy atom. The number of likely N-dealkylation sites (tertiary alicyclic amines) is 1. The highest BCUT2D eigenvalue weighted by atomic mass is 79.9. The number of rotatable bonds is 7. The quantitative estimate of drug-likeness (QED) is 0.511. The van der Waals surface area contributed by atoms with Crippen molar-refractivity contribution in [3.63, 3.8) is 0 Å². The zero-order valence-corrected chi connectivity index (χ0v) is 18.9. The molecular weight excluding hydrogens is 501 g/mol. The van der Waals surface area contributed by atoms with Gasteiger partial charge in [0.2, 0.25) is 0 Å². The number of anilines is 1. The summed E-state index contributed by atoms with van der Waals surface area (Å²) in [6.45, 7) is -0.289. The fourth-order valence-corrected chi connectivity index (χ4v) is 4.30. The SMILES string of the molecule is NC(=O)N(CCC(=O)O)c1cc(C(=O)N2C[C@H](C(=O)O)[C@@H](c3cccc(Br)c3)C2)ccc1F. The molecule has 33 heavy (non-hydrogen) atoms. The third-order valence-electron chi connectivity index (χ3n) is 5.50. The second-order valence-electron chi connectivity index (χ2n) is 7.62. The monoisotopic (exact) mass is 521 g/mol. The van der Waals surface area contributed by atoms with Gasteiger partial charge in [-0.15, -0.1) is 0 Å². The van der Waals surface area contributed by atoms with Crippen molar-refractivity contribution in [3.05, 3.63) is 63.9 Å². The van der Waals surface area contributed by atoms with E-state index in [0.717, 1.165) is 27.1 Å². The number of nitrogens with zero attached hydrogens (tertiary/aromatic N) is 2. The molecule has 174 valence electrons. The molecule has 9 nitrogen and oxygen atoms in total. The van der Waals surface area contributed by atoms with E-state index in [1.165, 1.54) is 11.0 Å². The molecule has 0 radical (unpaired) electrons. The maximum absolute atomic E-state index is 14.4. The van der Waals surface area contributed by atoms with E-state index in [4.69, 9.17) is 10.8 Å². The smallest absolute Gasteiger partial charge is 0.319 e. The van der Waals surface area contributed by atoms with Crippen LogP contribution in [0.3, 0.4) is 0 Å². The minimum Gasteiger partial charge on any atom is -0.481 e. The number of nitrogens with two attached hydrogens (primary N) is 1.